The van der Waals surface area contributed by atoms with E-state index in [1.54, 1.807) is 18.2 Å². The zero-order valence-corrected chi connectivity index (χ0v) is 10.1. The van der Waals surface area contributed by atoms with Gasteiger partial charge >= 0.3 is 6.18 Å². The number of hydrogen-bond acceptors (Lipinski definition) is 2. The first-order valence-corrected chi connectivity index (χ1v) is 5.72. The van der Waals surface area contributed by atoms with Crippen molar-refractivity contribution in [3.63, 3.8) is 0 Å². The van der Waals surface area contributed by atoms with Gasteiger partial charge in [-0.15, -0.1) is 0 Å². The van der Waals surface area contributed by atoms with Crippen molar-refractivity contribution in [3.05, 3.63) is 35.4 Å². The Morgan fingerprint density at radius 3 is 2.72 bits per heavy atom. The summed E-state index contributed by atoms with van der Waals surface area (Å²) >= 11 is 0. The van der Waals surface area contributed by atoms with Crippen LogP contribution in [-0.2, 0) is 0 Å². The summed E-state index contributed by atoms with van der Waals surface area (Å²) < 4.78 is 35.8. The van der Waals surface area contributed by atoms with Gasteiger partial charge < -0.3 is 5.32 Å². The second kappa shape index (κ2) is 6.41. The minimum absolute atomic E-state index is 0.0613. The first-order chi connectivity index (χ1) is 8.42. The molecule has 1 rings (SSSR count). The van der Waals surface area contributed by atoms with Crippen LogP contribution in [0.2, 0.25) is 0 Å². The van der Waals surface area contributed by atoms with E-state index in [1.165, 1.54) is 0 Å². The lowest BCUT2D eigenvalue weighted by Gasteiger charge is -2.14. The summed E-state index contributed by atoms with van der Waals surface area (Å²) in [5.74, 6) is 0. The second-order valence-corrected chi connectivity index (χ2v) is 4.13. The largest absolute Gasteiger partial charge is 0.389 e. The minimum Gasteiger partial charge on any atom is -0.310 e. The maximum absolute atomic E-state index is 11.9. The van der Waals surface area contributed by atoms with E-state index in [0.29, 0.717) is 12.1 Å². The predicted octanol–water partition coefficient (Wildman–Crippen LogP) is 3.55. The number of rotatable bonds is 5. The summed E-state index contributed by atoms with van der Waals surface area (Å²) in [4.78, 5) is 0. The highest BCUT2D eigenvalue weighted by molar-refractivity contribution is 5.33. The molecule has 0 aromatic heterocycles. The molecule has 1 aromatic carbocycles. The van der Waals surface area contributed by atoms with Gasteiger partial charge in [-0.2, -0.15) is 18.4 Å². The van der Waals surface area contributed by atoms with Crippen molar-refractivity contribution in [2.45, 2.75) is 32.0 Å². The standard InChI is InChI=1S/C13H15F3N2/c1-10(18-7-3-6-13(14,15)16)12-5-2-4-11(8-12)9-17/h2,4-5,8,10,18H,3,6-7H2,1H3. The van der Waals surface area contributed by atoms with Gasteiger partial charge in [-0.25, -0.2) is 0 Å². The third-order valence-electron chi connectivity index (χ3n) is 2.60. The Hall–Kier alpha value is -1.54. The van der Waals surface area contributed by atoms with Crippen LogP contribution in [0.3, 0.4) is 0 Å². The highest BCUT2D eigenvalue weighted by Crippen LogP contribution is 2.21. The lowest BCUT2D eigenvalue weighted by atomic mass is 10.1. The lowest BCUT2D eigenvalue weighted by molar-refractivity contribution is -0.135. The second-order valence-electron chi connectivity index (χ2n) is 4.13. The van der Waals surface area contributed by atoms with Crippen LogP contribution in [0.25, 0.3) is 0 Å². The third kappa shape index (κ3) is 5.19. The summed E-state index contributed by atoms with van der Waals surface area (Å²) in [5, 5.41) is 11.8. The number of nitrogens with zero attached hydrogens (tertiary/aromatic N) is 1. The molecule has 0 fully saturated rings. The number of hydrogen-bond donors (Lipinski definition) is 1. The van der Waals surface area contributed by atoms with Gasteiger partial charge in [-0.05, 0) is 37.6 Å². The summed E-state index contributed by atoms with van der Waals surface area (Å²) in [6.07, 6.45) is -4.80. The van der Waals surface area contributed by atoms with Gasteiger partial charge in [-0.1, -0.05) is 12.1 Å². The topological polar surface area (TPSA) is 35.8 Å². The highest BCUT2D eigenvalue weighted by atomic mass is 19.4. The lowest BCUT2D eigenvalue weighted by Crippen LogP contribution is -2.21. The van der Waals surface area contributed by atoms with Crippen molar-refractivity contribution in [2.24, 2.45) is 0 Å². The van der Waals surface area contributed by atoms with E-state index in [0.717, 1.165) is 5.56 Å². The van der Waals surface area contributed by atoms with E-state index in [4.69, 9.17) is 5.26 Å². The Labute approximate surface area is 104 Å². The molecule has 0 amide bonds. The van der Waals surface area contributed by atoms with Gasteiger partial charge in [0.1, 0.15) is 0 Å². The summed E-state index contributed by atoms with van der Waals surface area (Å²) in [6.45, 7) is 2.17. The molecule has 1 N–H and O–H groups in total. The Bertz CT molecular complexity index is 421. The molecule has 98 valence electrons. The van der Waals surface area contributed by atoms with E-state index in [2.05, 4.69) is 5.32 Å². The van der Waals surface area contributed by atoms with E-state index >= 15 is 0 Å². The van der Waals surface area contributed by atoms with Crippen molar-refractivity contribution >= 4 is 0 Å². The van der Waals surface area contributed by atoms with Crippen LogP contribution in [0.5, 0.6) is 0 Å². The molecule has 1 aromatic rings. The number of nitrogens with one attached hydrogen (secondary N) is 1. The monoisotopic (exact) mass is 256 g/mol. The SMILES string of the molecule is CC(NCCCC(F)(F)F)c1cccc(C#N)c1. The molecule has 2 nitrogen and oxygen atoms in total. The minimum atomic E-state index is -4.09. The molecule has 0 radical (unpaired) electrons. The molecule has 0 heterocycles. The smallest absolute Gasteiger partial charge is 0.310 e. The Morgan fingerprint density at radius 1 is 1.39 bits per heavy atom. The molecule has 18 heavy (non-hydrogen) atoms. The number of halogens is 3. The van der Waals surface area contributed by atoms with E-state index < -0.39 is 12.6 Å². The molecule has 1 atom stereocenters. The van der Waals surface area contributed by atoms with Crippen molar-refractivity contribution in [1.82, 2.24) is 5.32 Å². The average molecular weight is 256 g/mol. The third-order valence-corrected chi connectivity index (χ3v) is 2.60. The van der Waals surface area contributed by atoms with E-state index in [1.807, 2.05) is 19.1 Å². The van der Waals surface area contributed by atoms with E-state index in [-0.39, 0.29) is 12.5 Å². The molecule has 0 saturated carbocycles. The van der Waals surface area contributed by atoms with Gasteiger partial charge in [0.05, 0.1) is 11.6 Å². The Balaban J connectivity index is 2.41. The van der Waals surface area contributed by atoms with Crippen LogP contribution in [0, 0.1) is 11.3 Å². The fraction of sp³-hybridized carbons (Fsp3) is 0.462. The maximum Gasteiger partial charge on any atom is 0.389 e. The summed E-state index contributed by atoms with van der Waals surface area (Å²) in [5.41, 5.74) is 1.46. The van der Waals surface area contributed by atoms with Crippen molar-refractivity contribution in [3.8, 4) is 6.07 Å². The summed E-state index contributed by atoms with van der Waals surface area (Å²) in [6, 6.07) is 9.02. The Morgan fingerprint density at radius 2 is 2.11 bits per heavy atom. The molecule has 1 unspecified atom stereocenters. The number of benzene rings is 1. The molecule has 5 heteroatoms. The van der Waals surface area contributed by atoms with Crippen LogP contribution in [-0.4, -0.2) is 12.7 Å². The van der Waals surface area contributed by atoms with Crippen LogP contribution in [0.4, 0.5) is 13.2 Å². The van der Waals surface area contributed by atoms with Crippen LogP contribution >= 0.6 is 0 Å². The van der Waals surface area contributed by atoms with Crippen molar-refractivity contribution in [2.75, 3.05) is 6.54 Å². The zero-order chi connectivity index (χ0) is 13.6. The molecular formula is C13H15F3N2. The first-order valence-electron chi connectivity index (χ1n) is 5.72. The highest BCUT2D eigenvalue weighted by Gasteiger charge is 2.25. The van der Waals surface area contributed by atoms with Crippen LogP contribution < -0.4 is 5.32 Å². The zero-order valence-electron chi connectivity index (χ0n) is 10.1. The molecule has 0 aliphatic rings. The Kier molecular flexibility index (Phi) is 5.17. The van der Waals surface area contributed by atoms with Gasteiger partial charge in [0, 0.05) is 12.5 Å². The normalized spacial score (nSPS) is 13.1. The first kappa shape index (κ1) is 14.5. The van der Waals surface area contributed by atoms with Crippen LogP contribution in [0.15, 0.2) is 24.3 Å². The predicted molar refractivity (Wildman–Crippen MR) is 62.9 cm³/mol. The molecule has 0 aliphatic heterocycles. The fourth-order valence-electron chi connectivity index (χ4n) is 1.60. The van der Waals surface area contributed by atoms with Gasteiger partial charge in [-0.3, -0.25) is 0 Å². The molecule has 0 saturated heterocycles. The van der Waals surface area contributed by atoms with Gasteiger partial charge in [0.2, 0.25) is 0 Å². The number of nitriles is 1. The summed E-state index contributed by atoms with van der Waals surface area (Å²) in [7, 11) is 0. The van der Waals surface area contributed by atoms with Crippen molar-refractivity contribution < 1.29 is 13.2 Å². The molecule has 0 spiro atoms. The quantitative estimate of drug-likeness (QED) is 0.818. The fourth-order valence-corrected chi connectivity index (χ4v) is 1.60. The average Bonchev–Trinajstić information content (AvgIpc) is 2.33. The van der Waals surface area contributed by atoms with Gasteiger partial charge in [0.15, 0.2) is 0 Å². The molecular weight excluding hydrogens is 241 g/mol. The maximum atomic E-state index is 11.9. The molecule has 0 aliphatic carbocycles. The molecule has 0 bridgehead atoms. The van der Waals surface area contributed by atoms with Crippen LogP contribution in [0.1, 0.15) is 36.9 Å². The van der Waals surface area contributed by atoms with E-state index in [9.17, 15) is 13.2 Å². The van der Waals surface area contributed by atoms with Crippen molar-refractivity contribution in [1.29, 1.82) is 5.26 Å². The number of alkyl halides is 3. The van der Waals surface area contributed by atoms with Gasteiger partial charge in [0.25, 0.3) is 0 Å².